The molecule has 0 spiro atoms. The van der Waals surface area contributed by atoms with E-state index in [-0.39, 0.29) is 0 Å². The molecule has 122 valence electrons. The Balaban J connectivity index is 1.93. The second-order valence-corrected chi connectivity index (χ2v) is 5.31. The molecule has 5 heteroatoms. The Bertz CT molecular complexity index is 760. The van der Waals surface area contributed by atoms with Crippen molar-refractivity contribution in [2.24, 2.45) is 0 Å². The van der Waals surface area contributed by atoms with Gasteiger partial charge in [-0.05, 0) is 25.0 Å². The minimum Gasteiger partial charge on any atom is -0.354 e. The van der Waals surface area contributed by atoms with E-state index in [0.29, 0.717) is 17.7 Å². The first-order chi connectivity index (χ1) is 11.8. The Morgan fingerprint density at radius 1 is 0.625 bits per heavy atom. The van der Waals surface area contributed by atoms with E-state index in [9.17, 15) is 0 Å². The van der Waals surface area contributed by atoms with Crippen molar-refractivity contribution in [3.8, 4) is 22.5 Å². The molecule has 3 aromatic rings. The number of nitrogens with one attached hydrogen (secondary N) is 2. The van der Waals surface area contributed by atoms with Crippen LogP contribution in [0, 0.1) is 0 Å². The highest BCUT2D eigenvalue weighted by Gasteiger charge is 2.08. The van der Waals surface area contributed by atoms with Crippen LogP contribution in [0.5, 0.6) is 0 Å². The first-order valence-electron chi connectivity index (χ1n) is 8.20. The summed E-state index contributed by atoms with van der Waals surface area (Å²) in [7, 11) is 0. The molecule has 0 unspecified atom stereocenters. The molecule has 24 heavy (non-hydrogen) atoms. The van der Waals surface area contributed by atoms with Crippen molar-refractivity contribution in [1.29, 1.82) is 0 Å². The molecule has 0 aliphatic rings. The van der Waals surface area contributed by atoms with Crippen molar-refractivity contribution in [2.75, 3.05) is 23.7 Å². The van der Waals surface area contributed by atoms with Gasteiger partial charge in [0.2, 0.25) is 11.9 Å². The molecule has 0 aliphatic heterocycles. The van der Waals surface area contributed by atoms with Gasteiger partial charge in [-0.1, -0.05) is 54.6 Å². The number of hydrogen-bond acceptors (Lipinski definition) is 5. The Kier molecular flexibility index (Phi) is 5.01. The zero-order valence-electron chi connectivity index (χ0n) is 14.0. The van der Waals surface area contributed by atoms with Crippen LogP contribution < -0.4 is 10.6 Å². The van der Waals surface area contributed by atoms with Crippen LogP contribution in [-0.2, 0) is 0 Å². The molecule has 0 saturated heterocycles. The van der Waals surface area contributed by atoms with E-state index in [1.165, 1.54) is 11.1 Å². The molecule has 2 N–H and O–H groups in total. The summed E-state index contributed by atoms with van der Waals surface area (Å²) in [5.74, 6) is 1.84. The minimum atomic E-state index is 0.589. The summed E-state index contributed by atoms with van der Waals surface area (Å²) in [6, 6.07) is 18.6. The van der Waals surface area contributed by atoms with E-state index in [0.717, 1.165) is 18.7 Å². The first kappa shape index (κ1) is 15.9. The lowest BCUT2D eigenvalue weighted by Crippen LogP contribution is -2.09. The number of nitrogens with zero attached hydrogens (tertiary/aromatic N) is 3. The van der Waals surface area contributed by atoms with Crippen molar-refractivity contribution >= 4 is 11.9 Å². The van der Waals surface area contributed by atoms with Gasteiger partial charge in [0.25, 0.3) is 0 Å². The number of benzene rings is 2. The highest BCUT2D eigenvalue weighted by atomic mass is 15.2. The average molecular weight is 319 g/mol. The smallest absolute Gasteiger partial charge is 0.228 e. The highest BCUT2D eigenvalue weighted by Crippen LogP contribution is 2.23. The fourth-order valence-corrected chi connectivity index (χ4v) is 2.42. The third kappa shape index (κ3) is 3.68. The molecule has 0 aliphatic carbocycles. The lowest BCUT2D eigenvalue weighted by molar-refractivity contribution is 1.01. The number of hydrogen-bond donors (Lipinski definition) is 2. The summed E-state index contributed by atoms with van der Waals surface area (Å²) in [5, 5.41) is 6.30. The number of anilines is 2. The van der Waals surface area contributed by atoms with Gasteiger partial charge in [0.05, 0.1) is 0 Å². The monoisotopic (exact) mass is 319 g/mol. The molecule has 0 saturated carbocycles. The lowest BCUT2D eigenvalue weighted by Gasteiger charge is -2.09. The van der Waals surface area contributed by atoms with E-state index in [2.05, 4.69) is 49.9 Å². The SMILES string of the molecule is CCNc1nc(NCC)nc(-c2ccc(-c3ccccc3)cc2)n1. The minimum absolute atomic E-state index is 0.589. The fraction of sp³-hybridized carbons (Fsp3) is 0.211. The zero-order chi connectivity index (χ0) is 16.8. The predicted octanol–water partition coefficient (Wildman–Crippen LogP) is 4.07. The standard InChI is InChI=1S/C19H21N5/c1-3-20-18-22-17(23-19(24-18)21-4-2)16-12-10-15(11-13-16)14-8-6-5-7-9-14/h5-13H,3-4H2,1-2H3,(H2,20,21,22,23,24). The third-order valence-corrected chi connectivity index (χ3v) is 3.56. The third-order valence-electron chi connectivity index (χ3n) is 3.56. The molecule has 0 radical (unpaired) electrons. The summed E-state index contributed by atoms with van der Waals surface area (Å²) in [5.41, 5.74) is 3.34. The van der Waals surface area contributed by atoms with Gasteiger partial charge in [-0.15, -0.1) is 0 Å². The lowest BCUT2D eigenvalue weighted by atomic mass is 10.0. The van der Waals surface area contributed by atoms with Crippen LogP contribution in [-0.4, -0.2) is 28.0 Å². The van der Waals surface area contributed by atoms with Gasteiger partial charge < -0.3 is 10.6 Å². The fourth-order valence-electron chi connectivity index (χ4n) is 2.42. The normalized spacial score (nSPS) is 10.4. The largest absolute Gasteiger partial charge is 0.354 e. The Hall–Kier alpha value is -2.95. The van der Waals surface area contributed by atoms with Crippen LogP contribution in [0.3, 0.4) is 0 Å². The molecular formula is C19H21N5. The van der Waals surface area contributed by atoms with Gasteiger partial charge >= 0.3 is 0 Å². The maximum absolute atomic E-state index is 4.50. The second-order valence-electron chi connectivity index (χ2n) is 5.31. The van der Waals surface area contributed by atoms with Gasteiger partial charge in [0.1, 0.15) is 0 Å². The molecule has 0 fully saturated rings. The maximum Gasteiger partial charge on any atom is 0.228 e. The topological polar surface area (TPSA) is 62.7 Å². The summed E-state index contributed by atoms with van der Waals surface area (Å²) in [4.78, 5) is 13.4. The van der Waals surface area contributed by atoms with Gasteiger partial charge in [0.15, 0.2) is 5.82 Å². The Labute approximate surface area is 142 Å². The van der Waals surface area contributed by atoms with E-state index >= 15 is 0 Å². The number of aromatic nitrogens is 3. The van der Waals surface area contributed by atoms with E-state index in [1.54, 1.807) is 0 Å². The predicted molar refractivity (Wildman–Crippen MR) is 99.0 cm³/mol. The molecule has 0 amide bonds. The quantitative estimate of drug-likeness (QED) is 0.717. The molecule has 2 aromatic carbocycles. The van der Waals surface area contributed by atoms with Crippen molar-refractivity contribution in [2.45, 2.75) is 13.8 Å². The Morgan fingerprint density at radius 3 is 1.67 bits per heavy atom. The van der Waals surface area contributed by atoms with Gasteiger partial charge in [0, 0.05) is 18.7 Å². The van der Waals surface area contributed by atoms with Gasteiger partial charge in [-0.3, -0.25) is 0 Å². The molecule has 1 heterocycles. The second kappa shape index (κ2) is 7.55. The van der Waals surface area contributed by atoms with Crippen LogP contribution in [0.1, 0.15) is 13.8 Å². The van der Waals surface area contributed by atoms with Crippen molar-refractivity contribution in [1.82, 2.24) is 15.0 Å². The van der Waals surface area contributed by atoms with Crippen LogP contribution in [0.4, 0.5) is 11.9 Å². The molecule has 5 nitrogen and oxygen atoms in total. The van der Waals surface area contributed by atoms with E-state index in [4.69, 9.17) is 0 Å². The average Bonchev–Trinajstić information content (AvgIpc) is 2.63. The van der Waals surface area contributed by atoms with Crippen molar-refractivity contribution < 1.29 is 0 Å². The van der Waals surface area contributed by atoms with E-state index in [1.807, 2.05) is 44.2 Å². The molecular weight excluding hydrogens is 298 g/mol. The molecule has 3 rings (SSSR count). The van der Waals surface area contributed by atoms with E-state index < -0.39 is 0 Å². The summed E-state index contributed by atoms with van der Waals surface area (Å²) < 4.78 is 0. The molecule has 1 aromatic heterocycles. The molecule has 0 bridgehead atoms. The summed E-state index contributed by atoms with van der Waals surface area (Å²) in [6.45, 7) is 5.57. The van der Waals surface area contributed by atoms with Crippen molar-refractivity contribution in [3.63, 3.8) is 0 Å². The number of rotatable bonds is 6. The first-order valence-corrected chi connectivity index (χ1v) is 8.20. The maximum atomic E-state index is 4.50. The van der Waals surface area contributed by atoms with Gasteiger partial charge in [-0.2, -0.15) is 15.0 Å². The highest BCUT2D eigenvalue weighted by molar-refractivity contribution is 5.68. The van der Waals surface area contributed by atoms with Crippen molar-refractivity contribution in [3.05, 3.63) is 54.6 Å². The van der Waals surface area contributed by atoms with Crippen LogP contribution in [0.15, 0.2) is 54.6 Å². The van der Waals surface area contributed by atoms with Crippen LogP contribution >= 0.6 is 0 Å². The molecule has 0 atom stereocenters. The summed E-state index contributed by atoms with van der Waals surface area (Å²) in [6.07, 6.45) is 0. The van der Waals surface area contributed by atoms with Crippen LogP contribution in [0.25, 0.3) is 22.5 Å². The Morgan fingerprint density at radius 2 is 1.12 bits per heavy atom. The van der Waals surface area contributed by atoms with Crippen LogP contribution in [0.2, 0.25) is 0 Å². The van der Waals surface area contributed by atoms with Gasteiger partial charge in [-0.25, -0.2) is 0 Å². The summed E-state index contributed by atoms with van der Waals surface area (Å²) >= 11 is 0. The zero-order valence-corrected chi connectivity index (χ0v) is 14.0.